The van der Waals surface area contributed by atoms with Gasteiger partial charge in [0.15, 0.2) is 0 Å². The van der Waals surface area contributed by atoms with Crippen LogP contribution in [-0.2, 0) is 4.79 Å². The Balaban J connectivity index is 1.76. The summed E-state index contributed by atoms with van der Waals surface area (Å²) in [6.07, 6.45) is 0. The Kier molecular flexibility index (Phi) is 2.33. The average molecular weight is 232 g/mol. The van der Waals surface area contributed by atoms with Gasteiger partial charge in [0, 0.05) is 18.2 Å². The van der Waals surface area contributed by atoms with Crippen LogP contribution in [0.25, 0.3) is 0 Å². The molecule has 3 rings (SSSR count). The fraction of sp³-hybridized carbons (Fsp3) is 0.462. The summed E-state index contributed by atoms with van der Waals surface area (Å²) < 4.78 is 5.10. The summed E-state index contributed by atoms with van der Waals surface area (Å²) in [7, 11) is 1.64. The highest BCUT2D eigenvalue weighted by Gasteiger charge is 2.60. The van der Waals surface area contributed by atoms with Crippen LogP contribution in [0.5, 0.6) is 5.75 Å². The van der Waals surface area contributed by atoms with Crippen molar-refractivity contribution in [2.24, 2.45) is 23.5 Å². The molecule has 17 heavy (non-hydrogen) atoms. The van der Waals surface area contributed by atoms with Gasteiger partial charge in [-0.2, -0.15) is 0 Å². The lowest BCUT2D eigenvalue weighted by molar-refractivity contribution is -0.119. The van der Waals surface area contributed by atoms with Gasteiger partial charge in [0.05, 0.1) is 7.11 Å². The molecule has 90 valence electrons. The number of piperidine rings is 1. The number of fused-ring (bicyclic) bond motifs is 1. The molecule has 0 spiro atoms. The van der Waals surface area contributed by atoms with Crippen molar-refractivity contribution in [1.29, 1.82) is 0 Å². The van der Waals surface area contributed by atoms with E-state index in [0.29, 0.717) is 18.4 Å². The van der Waals surface area contributed by atoms with E-state index in [1.807, 2.05) is 29.2 Å². The first-order chi connectivity index (χ1) is 8.26. The lowest BCUT2D eigenvalue weighted by Gasteiger charge is -2.20. The van der Waals surface area contributed by atoms with Gasteiger partial charge in [-0.1, -0.05) is 0 Å². The van der Waals surface area contributed by atoms with E-state index in [1.165, 1.54) is 0 Å². The predicted molar refractivity (Wildman–Crippen MR) is 64.9 cm³/mol. The smallest absolute Gasteiger partial charge is 0.230 e. The lowest BCUT2D eigenvalue weighted by Crippen LogP contribution is -2.31. The molecule has 2 aliphatic rings. The van der Waals surface area contributed by atoms with E-state index in [4.69, 9.17) is 10.5 Å². The van der Waals surface area contributed by atoms with E-state index >= 15 is 0 Å². The molecule has 1 aliphatic heterocycles. The molecule has 4 nitrogen and oxygen atoms in total. The molecular formula is C13H16N2O2. The summed E-state index contributed by atoms with van der Waals surface area (Å²) in [5.74, 6) is 2.13. The largest absolute Gasteiger partial charge is 0.497 e. The van der Waals surface area contributed by atoms with Gasteiger partial charge in [0.1, 0.15) is 5.75 Å². The van der Waals surface area contributed by atoms with Crippen molar-refractivity contribution in [3.8, 4) is 5.75 Å². The molecule has 1 amide bonds. The summed E-state index contributed by atoms with van der Waals surface area (Å²) in [6, 6.07) is 7.62. The second-order valence-corrected chi connectivity index (χ2v) is 4.74. The first-order valence-corrected chi connectivity index (χ1v) is 5.91. The monoisotopic (exact) mass is 232 g/mol. The molecule has 1 aromatic rings. The summed E-state index contributed by atoms with van der Waals surface area (Å²) in [6.45, 7) is 1.45. The molecule has 3 atom stereocenters. The third-order valence-corrected chi connectivity index (χ3v) is 3.93. The van der Waals surface area contributed by atoms with E-state index in [0.717, 1.165) is 18.0 Å². The van der Waals surface area contributed by atoms with Crippen molar-refractivity contribution in [3.05, 3.63) is 24.3 Å². The Hall–Kier alpha value is -1.55. The highest BCUT2D eigenvalue weighted by molar-refractivity contribution is 6.00. The minimum Gasteiger partial charge on any atom is -0.497 e. The van der Waals surface area contributed by atoms with Crippen molar-refractivity contribution in [1.82, 2.24) is 0 Å². The number of carbonyl (C=O) groups excluding carboxylic acids is 1. The van der Waals surface area contributed by atoms with Crippen LogP contribution in [-0.4, -0.2) is 26.1 Å². The van der Waals surface area contributed by atoms with E-state index in [-0.39, 0.29) is 11.8 Å². The normalized spacial score (nSPS) is 30.4. The quantitative estimate of drug-likeness (QED) is 0.841. The lowest BCUT2D eigenvalue weighted by atomic mass is 10.2. The fourth-order valence-electron chi connectivity index (χ4n) is 2.86. The van der Waals surface area contributed by atoms with Crippen LogP contribution in [0.15, 0.2) is 24.3 Å². The number of carbonyl (C=O) groups is 1. The van der Waals surface area contributed by atoms with E-state index in [1.54, 1.807) is 7.11 Å². The minimum absolute atomic E-state index is 0.183. The summed E-state index contributed by atoms with van der Waals surface area (Å²) in [5, 5.41) is 0. The van der Waals surface area contributed by atoms with Gasteiger partial charge in [-0.25, -0.2) is 0 Å². The van der Waals surface area contributed by atoms with Gasteiger partial charge in [0.2, 0.25) is 5.91 Å². The zero-order chi connectivity index (χ0) is 12.0. The molecule has 1 heterocycles. The van der Waals surface area contributed by atoms with Crippen LogP contribution < -0.4 is 15.4 Å². The Morgan fingerprint density at radius 1 is 1.41 bits per heavy atom. The number of nitrogens with zero attached hydrogens (tertiary/aromatic N) is 1. The fourth-order valence-corrected chi connectivity index (χ4v) is 2.86. The SMILES string of the molecule is COc1ccc(N2CC3C(CN)C3C2=O)cc1. The van der Waals surface area contributed by atoms with Gasteiger partial charge in [-0.15, -0.1) is 0 Å². The maximum absolute atomic E-state index is 12.1. The third kappa shape index (κ3) is 1.52. The molecule has 4 heteroatoms. The van der Waals surface area contributed by atoms with Crippen LogP contribution in [0.2, 0.25) is 0 Å². The molecule has 1 saturated heterocycles. The van der Waals surface area contributed by atoms with Crippen molar-refractivity contribution in [3.63, 3.8) is 0 Å². The summed E-state index contributed by atoms with van der Waals surface area (Å²) >= 11 is 0. The number of ether oxygens (including phenoxy) is 1. The maximum atomic E-state index is 12.1. The number of amides is 1. The number of nitrogens with two attached hydrogens (primary N) is 1. The van der Waals surface area contributed by atoms with Gasteiger partial charge in [-0.05, 0) is 42.6 Å². The van der Waals surface area contributed by atoms with Crippen molar-refractivity contribution in [2.75, 3.05) is 25.1 Å². The zero-order valence-electron chi connectivity index (χ0n) is 9.80. The Morgan fingerprint density at radius 2 is 2.12 bits per heavy atom. The number of anilines is 1. The van der Waals surface area contributed by atoms with Crippen molar-refractivity contribution < 1.29 is 9.53 Å². The molecule has 1 aliphatic carbocycles. The predicted octanol–water partition coefficient (Wildman–Crippen LogP) is 0.863. The number of hydrogen-bond donors (Lipinski definition) is 1. The number of benzene rings is 1. The topological polar surface area (TPSA) is 55.6 Å². The van der Waals surface area contributed by atoms with Crippen LogP contribution in [0.4, 0.5) is 5.69 Å². The number of rotatable bonds is 3. The Bertz CT molecular complexity index is 443. The highest BCUT2D eigenvalue weighted by atomic mass is 16.5. The standard InChI is InChI=1S/C13H16N2O2/c1-17-9-4-2-8(3-5-9)15-7-11-10(6-14)12(11)13(15)16/h2-5,10-12H,6-7,14H2,1H3. The average Bonchev–Trinajstić information content (AvgIpc) is 2.98. The molecule has 3 unspecified atom stereocenters. The van der Waals surface area contributed by atoms with Crippen LogP contribution >= 0.6 is 0 Å². The first kappa shape index (κ1) is 10.6. The minimum atomic E-state index is 0.183. The van der Waals surface area contributed by atoms with Crippen molar-refractivity contribution >= 4 is 11.6 Å². The van der Waals surface area contributed by atoms with Gasteiger partial charge >= 0.3 is 0 Å². The Labute approximate surface area is 100 Å². The van der Waals surface area contributed by atoms with E-state index in [9.17, 15) is 4.79 Å². The molecule has 1 saturated carbocycles. The summed E-state index contributed by atoms with van der Waals surface area (Å²) in [4.78, 5) is 14.0. The third-order valence-electron chi connectivity index (χ3n) is 3.93. The molecular weight excluding hydrogens is 216 g/mol. The summed E-state index contributed by atoms with van der Waals surface area (Å²) in [5.41, 5.74) is 6.58. The molecule has 1 aromatic carbocycles. The van der Waals surface area contributed by atoms with Gasteiger partial charge in [-0.3, -0.25) is 4.79 Å². The van der Waals surface area contributed by atoms with E-state index in [2.05, 4.69) is 0 Å². The molecule has 0 aromatic heterocycles. The zero-order valence-corrected chi connectivity index (χ0v) is 9.80. The van der Waals surface area contributed by atoms with Crippen LogP contribution in [0.1, 0.15) is 0 Å². The van der Waals surface area contributed by atoms with Crippen LogP contribution in [0.3, 0.4) is 0 Å². The number of methoxy groups -OCH3 is 1. The molecule has 2 fully saturated rings. The molecule has 0 radical (unpaired) electrons. The highest BCUT2D eigenvalue weighted by Crippen LogP contribution is 2.52. The Morgan fingerprint density at radius 3 is 2.59 bits per heavy atom. The van der Waals surface area contributed by atoms with Gasteiger partial charge < -0.3 is 15.4 Å². The first-order valence-electron chi connectivity index (χ1n) is 5.91. The maximum Gasteiger partial charge on any atom is 0.230 e. The second-order valence-electron chi connectivity index (χ2n) is 4.74. The number of hydrogen-bond acceptors (Lipinski definition) is 3. The second kappa shape index (κ2) is 3.74. The van der Waals surface area contributed by atoms with Crippen LogP contribution in [0, 0.1) is 17.8 Å². The van der Waals surface area contributed by atoms with Crippen molar-refractivity contribution in [2.45, 2.75) is 0 Å². The molecule has 2 N–H and O–H groups in total. The molecule has 0 bridgehead atoms. The van der Waals surface area contributed by atoms with E-state index < -0.39 is 0 Å². The van der Waals surface area contributed by atoms with Gasteiger partial charge in [0.25, 0.3) is 0 Å².